The van der Waals surface area contributed by atoms with E-state index < -0.39 is 64.0 Å². The van der Waals surface area contributed by atoms with Gasteiger partial charge in [0.1, 0.15) is 69.9 Å². The highest BCUT2D eigenvalue weighted by Gasteiger charge is 2.57. The lowest BCUT2D eigenvalue weighted by atomic mass is 9.49. The van der Waals surface area contributed by atoms with Crippen LogP contribution in [-0.2, 0) is 71.9 Å². The van der Waals surface area contributed by atoms with Gasteiger partial charge in [0.25, 0.3) is 53.2 Å². The highest BCUT2D eigenvalue weighted by molar-refractivity contribution is 6.15. The fourth-order valence-electron chi connectivity index (χ4n) is 15.6. The van der Waals surface area contributed by atoms with Crippen LogP contribution in [0.15, 0.2) is 66.9 Å². The van der Waals surface area contributed by atoms with Crippen molar-refractivity contribution in [3.63, 3.8) is 0 Å². The Morgan fingerprint density at radius 1 is 0.439 bits per heavy atom. The molecule has 0 spiro atoms. The standard InChI is InChI=1S/C19H23N3O3.C15H23N3O2.C14H19N3O3.C12H15N3O3.C12H15N3O2.C9H11N3O2/c1-11-3-16(23)22(17(24)15(11)10-20)21(2)18(25)19-7-12-4-13(8-19)6-14(5-12)9-19;1-4-6-8-17(9-7-5-2)18-14(19)10-12(3)13(11-16)15(18)20;1-6-16(13(20)14(3,4)5)17-11(18)7-9(2)10(8-15)12(17)19;1-7(2)11(17)14(4)15-10(16)5-8(3)9(6-13)12(15)18;1-9-7-11(16)15(12(17)10(9)8-13)14-5-3-2-4-6-14;1-6-4-8(13)12(11(2)3)9(14)7(6)5-10/h12-14H,3-9H2,1-2H3;4-10H2,1-3H3;6-7H2,1-5H3;7H,5H2,1-4H3;2-7H2,1H3;4H2,1-3H3. The maximum absolute atomic E-state index is 13.3. The lowest BCUT2D eigenvalue weighted by Gasteiger charge is -2.56. The largest absolute Gasteiger partial charge is 0.290 e. The molecule has 0 unspecified atom stereocenters. The van der Waals surface area contributed by atoms with Crippen LogP contribution in [0.1, 0.15) is 219 Å². The molecule has 4 aliphatic carbocycles. The smallest absolute Gasteiger partial charge is 0.273 e. The maximum atomic E-state index is 13.3. The SMILES string of the molecule is CC1=C(C#N)C(=O)N(N(C)C(=O)C(C)C)C(=O)C1.CC1=C(C#N)C(=O)N(N(C)C(=O)C23CC4CC(CC(C4)C2)C3)C(=O)C1.CC1=C(C#N)C(=O)N(N(C)C)C(=O)C1.CC1=C(C#N)C(=O)N(N2CCCCC2)C(=O)C1.CCCCN(CCCC)N1C(=O)CC(C)=C(C#N)C1=O.CCN(C(=O)C(C)(C)C)N1C(=O)CC(C)=C(C#N)C1=O. The zero-order chi connectivity index (χ0) is 86.0. The number of nitrogens with zero attached hydrogens (tertiary/aromatic N) is 18. The minimum absolute atomic E-state index is 0.00707. The Balaban J connectivity index is 0.000000246. The second kappa shape index (κ2) is 40.3. The summed E-state index contributed by atoms with van der Waals surface area (Å²) in [6.45, 7) is 27.0. The van der Waals surface area contributed by atoms with Crippen molar-refractivity contribution >= 4 is 88.6 Å². The van der Waals surface area contributed by atoms with E-state index in [1.807, 2.05) is 30.3 Å². The molecule has 610 valence electrons. The molecule has 0 aromatic heterocycles. The van der Waals surface area contributed by atoms with E-state index in [0.717, 1.165) is 107 Å². The first kappa shape index (κ1) is 93.1. The van der Waals surface area contributed by atoms with E-state index in [4.69, 9.17) is 26.3 Å². The summed E-state index contributed by atoms with van der Waals surface area (Å²) in [5.74, 6) is -5.05. The molecular weight excluding hydrogens is 1470 g/mol. The first-order valence-electron chi connectivity index (χ1n) is 38.4. The van der Waals surface area contributed by atoms with Gasteiger partial charge in [-0.05, 0) is 164 Å². The number of piperidine rings is 1. The van der Waals surface area contributed by atoms with Crippen molar-refractivity contribution < 1.29 is 71.9 Å². The molecule has 0 aromatic carbocycles. The summed E-state index contributed by atoms with van der Waals surface area (Å²) in [5, 5.41) is 68.0. The van der Waals surface area contributed by atoms with Gasteiger partial charge in [0, 0.05) is 72.2 Å². The van der Waals surface area contributed by atoms with Gasteiger partial charge >= 0.3 is 0 Å². The quantitative estimate of drug-likeness (QED) is 0.142. The van der Waals surface area contributed by atoms with Crippen LogP contribution in [0.25, 0.3) is 0 Å². The van der Waals surface area contributed by atoms with Gasteiger partial charge in [0.15, 0.2) is 0 Å². The number of carbonyl (C=O) groups excluding carboxylic acids is 15. The lowest BCUT2D eigenvalue weighted by Crippen LogP contribution is -2.60. The Labute approximate surface area is 666 Å². The van der Waals surface area contributed by atoms with Gasteiger partial charge in [-0.2, -0.15) is 46.6 Å². The van der Waals surface area contributed by atoms with Crippen molar-refractivity contribution in [1.82, 2.24) is 60.1 Å². The zero-order valence-electron chi connectivity index (χ0n) is 69.0. The molecule has 0 aromatic rings. The van der Waals surface area contributed by atoms with Gasteiger partial charge < -0.3 is 0 Å². The third kappa shape index (κ3) is 21.0. The molecule has 7 heterocycles. The van der Waals surface area contributed by atoms with Crippen LogP contribution in [0.5, 0.6) is 0 Å². The Morgan fingerprint density at radius 2 is 0.746 bits per heavy atom. The van der Waals surface area contributed by atoms with E-state index in [2.05, 4.69) is 13.8 Å². The van der Waals surface area contributed by atoms with Crippen LogP contribution in [0.4, 0.5) is 0 Å². The molecule has 4 saturated carbocycles. The Morgan fingerprint density at radius 3 is 1.08 bits per heavy atom. The van der Waals surface area contributed by atoms with Crippen molar-refractivity contribution in [3.05, 3.63) is 66.9 Å². The van der Waals surface area contributed by atoms with Crippen LogP contribution >= 0.6 is 0 Å². The molecule has 0 radical (unpaired) electrons. The van der Waals surface area contributed by atoms with Gasteiger partial charge in [-0.25, -0.2) is 45.1 Å². The summed E-state index contributed by atoms with van der Waals surface area (Å²) in [7, 11) is 6.04. The summed E-state index contributed by atoms with van der Waals surface area (Å²) >= 11 is 0. The fraction of sp³-hybridized carbons (Fsp3) is 0.593. The number of carbonyl (C=O) groups is 15. The molecule has 1 saturated heterocycles. The van der Waals surface area contributed by atoms with Crippen LogP contribution in [0.3, 0.4) is 0 Å². The molecule has 33 heteroatoms. The van der Waals surface area contributed by atoms with E-state index in [1.54, 1.807) is 113 Å². The first-order valence-corrected chi connectivity index (χ1v) is 38.4. The summed E-state index contributed by atoms with van der Waals surface area (Å²) < 4.78 is 0. The van der Waals surface area contributed by atoms with Crippen LogP contribution in [0.2, 0.25) is 0 Å². The van der Waals surface area contributed by atoms with Gasteiger partial charge in [0.2, 0.25) is 35.4 Å². The van der Waals surface area contributed by atoms with Crippen molar-refractivity contribution in [2.24, 2.45) is 34.5 Å². The van der Waals surface area contributed by atoms with Crippen LogP contribution in [-0.4, -0.2) is 210 Å². The molecule has 114 heavy (non-hydrogen) atoms. The van der Waals surface area contributed by atoms with Gasteiger partial charge in [-0.1, -0.05) is 67.7 Å². The number of rotatable bonds is 15. The Hall–Kier alpha value is -11.5. The monoisotopic (exact) mass is 1570 g/mol. The third-order valence-electron chi connectivity index (χ3n) is 21.0. The average Bonchev–Trinajstić information content (AvgIpc) is 0.729. The number of hydrogen-bond acceptors (Lipinski definition) is 24. The van der Waals surface area contributed by atoms with Crippen LogP contribution < -0.4 is 0 Å². The highest BCUT2D eigenvalue weighted by atomic mass is 16.2. The molecular formula is C81H106N18O15. The minimum atomic E-state index is -0.734. The van der Waals surface area contributed by atoms with Crippen LogP contribution in [0, 0.1) is 102 Å². The average molecular weight is 1570 g/mol. The number of nitriles is 6. The van der Waals surface area contributed by atoms with Crippen molar-refractivity contribution in [3.8, 4) is 36.4 Å². The van der Waals surface area contributed by atoms with E-state index >= 15 is 0 Å². The summed E-state index contributed by atoms with van der Waals surface area (Å²) in [5.41, 5.74) is 2.05. The first-order chi connectivity index (χ1) is 53.5. The maximum Gasteiger partial charge on any atom is 0.290 e. The molecule has 0 atom stereocenters. The predicted molar refractivity (Wildman–Crippen MR) is 407 cm³/mol. The molecule has 7 aliphatic heterocycles. The second-order valence-corrected chi connectivity index (χ2v) is 31.6. The minimum Gasteiger partial charge on any atom is -0.273 e. The molecule has 0 N–H and O–H groups in total. The summed E-state index contributed by atoms with van der Waals surface area (Å²) in [4.78, 5) is 182. The molecule has 15 amide bonds. The Kier molecular flexibility index (Phi) is 32.9. The zero-order valence-corrected chi connectivity index (χ0v) is 69.0. The van der Waals surface area contributed by atoms with E-state index in [9.17, 15) is 77.2 Å². The summed E-state index contributed by atoms with van der Waals surface area (Å²) in [6, 6.07) is 11.1. The van der Waals surface area contributed by atoms with Crippen molar-refractivity contribution in [1.29, 1.82) is 31.6 Å². The predicted octanol–water partition coefficient (Wildman–Crippen LogP) is 7.64. The fourth-order valence-corrected chi connectivity index (χ4v) is 15.6. The molecule has 11 aliphatic rings. The molecule has 5 fully saturated rings. The van der Waals surface area contributed by atoms with E-state index in [1.165, 1.54) is 53.4 Å². The third-order valence-corrected chi connectivity index (χ3v) is 21.0. The van der Waals surface area contributed by atoms with Crippen molar-refractivity contribution in [2.75, 3.05) is 60.9 Å². The normalized spacial score (nSPS) is 21.9. The molecule has 11 rings (SSSR count). The van der Waals surface area contributed by atoms with E-state index in [0.29, 0.717) is 64.3 Å². The molecule has 4 bridgehead atoms. The number of hydrogen-bond donors (Lipinski definition) is 0. The molecule has 33 nitrogen and oxygen atoms in total. The highest BCUT2D eigenvalue weighted by Crippen LogP contribution is 2.60. The number of amides is 15. The van der Waals surface area contributed by atoms with Gasteiger partial charge in [0.05, 0.1) is 43.9 Å². The number of imide groups is 6. The van der Waals surface area contributed by atoms with Crippen molar-refractivity contribution in [2.45, 2.75) is 219 Å². The summed E-state index contributed by atoms with van der Waals surface area (Å²) in [6.07, 6.45) is 13.6. The number of hydrazine groups is 6. The second-order valence-electron chi connectivity index (χ2n) is 31.6. The Bertz CT molecular complexity index is 4380. The van der Waals surface area contributed by atoms with Gasteiger partial charge in [-0.3, -0.25) is 71.9 Å². The van der Waals surface area contributed by atoms with Gasteiger partial charge in [-0.15, -0.1) is 0 Å². The number of unbranched alkanes of at least 4 members (excludes halogenated alkanes) is 2. The lowest BCUT2D eigenvalue weighted by molar-refractivity contribution is -0.182. The van der Waals surface area contributed by atoms with E-state index in [-0.39, 0.29) is 120 Å². The topological polar surface area (TPSA) is 438 Å².